The van der Waals surface area contributed by atoms with Crippen LogP contribution >= 0.6 is 0 Å². The largest absolute Gasteiger partial charge is 4.00 e. The van der Waals surface area contributed by atoms with E-state index in [0.29, 0.717) is 0 Å². The summed E-state index contributed by atoms with van der Waals surface area (Å²) in [6.45, 7) is 23.4. The zero-order chi connectivity index (χ0) is 16.4. The van der Waals surface area contributed by atoms with E-state index in [1.807, 2.05) is 0 Å². The fourth-order valence-electron chi connectivity index (χ4n) is 4.19. The molecule has 0 spiro atoms. The normalized spacial score (nSPS) is 29.6. The monoisotopic (exact) mass is 416 g/mol. The fraction of sp³-hybridized carbons (Fsp3) is 0.600. The molecule has 0 amide bonds. The molecule has 0 radical (unpaired) electrons. The van der Waals surface area contributed by atoms with Crippen molar-refractivity contribution in [2.75, 3.05) is 0 Å². The summed E-state index contributed by atoms with van der Waals surface area (Å²) < 4.78 is 0. The minimum atomic E-state index is -1.76. The summed E-state index contributed by atoms with van der Waals surface area (Å²) in [7, 11) is -1.76. The van der Waals surface area contributed by atoms with E-state index in [2.05, 4.69) is 80.6 Å². The van der Waals surface area contributed by atoms with E-state index in [0.717, 1.165) is 0 Å². The van der Waals surface area contributed by atoms with Crippen LogP contribution in [0.4, 0.5) is 0 Å². The van der Waals surface area contributed by atoms with Crippen LogP contribution in [-0.2, 0) is 21.7 Å². The summed E-state index contributed by atoms with van der Waals surface area (Å²) in [5, 5.41) is 0.185. The zero-order valence-electron chi connectivity index (χ0n) is 16.8. The van der Waals surface area contributed by atoms with E-state index in [1.165, 1.54) is 33.4 Å². The van der Waals surface area contributed by atoms with Crippen LogP contribution < -0.4 is 24.8 Å². The molecule has 0 aliphatic heterocycles. The molecule has 0 N–H and O–H groups in total. The molecule has 2 atom stereocenters. The van der Waals surface area contributed by atoms with Crippen molar-refractivity contribution >= 4 is 8.07 Å². The Balaban J connectivity index is 0. The van der Waals surface area contributed by atoms with Gasteiger partial charge < -0.3 is 24.8 Å². The van der Waals surface area contributed by atoms with Crippen LogP contribution in [0.25, 0.3) is 0 Å². The number of hydrogen-bond acceptors (Lipinski definition) is 0. The van der Waals surface area contributed by atoms with Crippen LogP contribution in [0.5, 0.6) is 0 Å². The Morgan fingerprint density at radius 3 is 1.08 bits per heavy atom. The van der Waals surface area contributed by atoms with Gasteiger partial charge in [-0.25, -0.2) is 11.1 Å². The third-order valence-electron chi connectivity index (χ3n) is 7.12. The summed E-state index contributed by atoms with van der Waals surface area (Å²) >= 11 is 0. The second-order valence-electron chi connectivity index (χ2n) is 7.88. The van der Waals surface area contributed by atoms with E-state index < -0.39 is 8.07 Å². The van der Waals surface area contributed by atoms with Crippen LogP contribution in [0, 0.1) is 12.2 Å². The van der Waals surface area contributed by atoms with Gasteiger partial charge in [-0.1, -0.05) is 64.7 Å². The fourth-order valence-corrected chi connectivity index (χ4v) is 8.44. The second-order valence-corrected chi connectivity index (χ2v) is 13.1. The minimum absolute atomic E-state index is 0. The molecule has 0 heterocycles. The molecule has 0 aromatic heterocycles. The Kier molecular flexibility index (Phi) is 8.91. The van der Waals surface area contributed by atoms with Gasteiger partial charge in [0.05, 0.1) is 0 Å². The number of hydrogen-bond donors (Lipinski definition) is 0. The SMILES string of the molecule is CC1=[C-]C(C)([Si](C)(C)C2(C)[C-]=C(C)C(C)=C2C)C(C)=C1C.[Cl-].[Cl-].[Ti+4]. The maximum Gasteiger partial charge on any atom is 4.00 e. The topological polar surface area (TPSA) is 0 Å². The first kappa shape index (κ1) is 26.7. The van der Waals surface area contributed by atoms with Gasteiger partial charge >= 0.3 is 21.7 Å². The van der Waals surface area contributed by atoms with Crippen LogP contribution in [-0.4, -0.2) is 8.07 Å². The number of allylic oxidation sites excluding steroid dienone is 8. The van der Waals surface area contributed by atoms with Crippen LogP contribution in [0.15, 0.2) is 33.4 Å². The molecule has 0 bridgehead atoms. The molecule has 0 aromatic rings. The van der Waals surface area contributed by atoms with E-state index in [1.54, 1.807) is 0 Å². The molecule has 0 saturated heterocycles. The smallest absolute Gasteiger partial charge is 1.00 e. The van der Waals surface area contributed by atoms with Crippen LogP contribution in [0.3, 0.4) is 0 Å². The average molecular weight is 417 g/mol. The average Bonchev–Trinajstić information content (AvgIpc) is 2.72. The summed E-state index contributed by atoms with van der Waals surface area (Å²) in [5.41, 5.74) is 8.62. The Bertz CT molecular complexity index is 586. The quantitative estimate of drug-likeness (QED) is 0.452. The molecule has 4 heteroatoms. The van der Waals surface area contributed by atoms with Crippen molar-refractivity contribution in [2.45, 2.75) is 78.6 Å². The van der Waals surface area contributed by atoms with Crippen LogP contribution in [0.2, 0.25) is 23.2 Å². The van der Waals surface area contributed by atoms with Crippen molar-refractivity contribution in [3.8, 4) is 0 Å². The molecular formula is C20H30Cl2SiTi. The molecule has 0 nitrogen and oxygen atoms in total. The summed E-state index contributed by atoms with van der Waals surface area (Å²) in [5.74, 6) is 0. The van der Waals surface area contributed by atoms with Gasteiger partial charge in [0.1, 0.15) is 0 Å². The van der Waals surface area contributed by atoms with E-state index in [9.17, 15) is 0 Å². The van der Waals surface area contributed by atoms with E-state index in [4.69, 9.17) is 0 Å². The number of halogens is 2. The first-order valence-corrected chi connectivity index (χ1v) is 11.0. The van der Waals surface area contributed by atoms with E-state index >= 15 is 0 Å². The molecule has 2 aliphatic carbocycles. The maximum absolute atomic E-state index is 3.85. The van der Waals surface area contributed by atoms with Crippen molar-refractivity contribution in [3.05, 3.63) is 45.6 Å². The van der Waals surface area contributed by atoms with Gasteiger partial charge in [0.15, 0.2) is 0 Å². The Hall–Kier alpha value is 0.471. The Morgan fingerprint density at radius 2 is 0.917 bits per heavy atom. The Labute approximate surface area is 178 Å². The van der Waals surface area contributed by atoms with Crippen molar-refractivity contribution in [3.63, 3.8) is 0 Å². The first-order chi connectivity index (χ1) is 9.40. The minimum Gasteiger partial charge on any atom is -1.00 e. The molecular weight excluding hydrogens is 387 g/mol. The standard InChI is InChI=1S/C20H30Si.2ClH.Ti/c1-13-11-19(7,17(5)15(13)3)21(9,10)20(8)12-14(2)16(4)18(20)6;;;/h1-10H3;2*1H;/q-2;;;+4/p-2. The van der Waals surface area contributed by atoms with Crippen molar-refractivity contribution < 1.29 is 46.5 Å². The first-order valence-electron chi connectivity index (χ1n) is 8.00. The molecule has 0 aromatic carbocycles. The zero-order valence-corrected chi connectivity index (χ0v) is 20.8. The molecule has 2 aliphatic rings. The predicted octanol–water partition coefficient (Wildman–Crippen LogP) is 0.420. The Morgan fingerprint density at radius 1 is 0.667 bits per heavy atom. The van der Waals surface area contributed by atoms with Gasteiger partial charge in [-0.2, -0.15) is 22.3 Å². The molecule has 0 saturated carbocycles. The second kappa shape index (κ2) is 8.01. The maximum atomic E-state index is 3.85. The predicted molar refractivity (Wildman–Crippen MR) is 95.8 cm³/mol. The van der Waals surface area contributed by atoms with Gasteiger partial charge in [-0.3, -0.25) is 12.2 Å². The van der Waals surface area contributed by atoms with Crippen molar-refractivity contribution in [1.82, 2.24) is 0 Å². The van der Waals surface area contributed by atoms with Gasteiger partial charge in [-0.05, 0) is 0 Å². The van der Waals surface area contributed by atoms with Gasteiger partial charge in [0.2, 0.25) is 0 Å². The number of rotatable bonds is 2. The third kappa shape index (κ3) is 3.25. The molecule has 2 unspecified atom stereocenters. The summed E-state index contributed by atoms with van der Waals surface area (Å²) in [6.07, 6.45) is 7.71. The van der Waals surface area contributed by atoms with Crippen molar-refractivity contribution in [1.29, 1.82) is 0 Å². The van der Waals surface area contributed by atoms with E-state index in [-0.39, 0.29) is 56.6 Å². The van der Waals surface area contributed by atoms with Gasteiger partial charge in [0, 0.05) is 8.07 Å². The molecule has 24 heavy (non-hydrogen) atoms. The molecule has 0 fully saturated rings. The van der Waals surface area contributed by atoms with Gasteiger partial charge in [0.25, 0.3) is 0 Å². The molecule has 2 rings (SSSR count). The van der Waals surface area contributed by atoms with Crippen LogP contribution in [0.1, 0.15) is 55.4 Å². The molecule has 132 valence electrons. The third-order valence-corrected chi connectivity index (χ3v) is 13.1. The summed E-state index contributed by atoms with van der Waals surface area (Å²) in [4.78, 5) is 0. The van der Waals surface area contributed by atoms with Crippen molar-refractivity contribution in [2.24, 2.45) is 0 Å². The summed E-state index contributed by atoms with van der Waals surface area (Å²) in [6, 6.07) is 0. The van der Waals surface area contributed by atoms with Gasteiger partial charge in [-0.15, -0.1) is 13.8 Å².